The molecule has 0 aliphatic carbocycles. The molecule has 5 nitrogen and oxygen atoms in total. The van der Waals surface area contributed by atoms with Crippen molar-refractivity contribution < 1.29 is 0 Å². The van der Waals surface area contributed by atoms with Crippen LogP contribution in [0.25, 0.3) is 11.0 Å². The molecule has 2 aromatic heterocycles. The van der Waals surface area contributed by atoms with E-state index >= 15 is 0 Å². The summed E-state index contributed by atoms with van der Waals surface area (Å²) in [6, 6.07) is 12.1. The summed E-state index contributed by atoms with van der Waals surface area (Å²) >= 11 is 1.59. The van der Waals surface area contributed by atoms with Gasteiger partial charge in [0.05, 0.1) is 17.6 Å². The third-order valence-corrected chi connectivity index (χ3v) is 4.12. The number of fused-ring (bicyclic) bond motifs is 1. The summed E-state index contributed by atoms with van der Waals surface area (Å²) in [5.74, 6) is 1.86. The number of rotatable bonds is 4. The van der Waals surface area contributed by atoms with Gasteiger partial charge in [-0.05, 0) is 30.5 Å². The Balaban J connectivity index is 1.85. The molecule has 21 heavy (non-hydrogen) atoms. The summed E-state index contributed by atoms with van der Waals surface area (Å²) in [5, 5.41) is 9.34. The van der Waals surface area contributed by atoms with E-state index in [9.17, 15) is 0 Å². The topological polar surface area (TPSA) is 46.8 Å². The summed E-state index contributed by atoms with van der Waals surface area (Å²) in [6.45, 7) is 0.693. The minimum absolute atomic E-state index is 0.693. The van der Waals surface area contributed by atoms with E-state index in [2.05, 4.69) is 30.7 Å². The second-order valence-electron chi connectivity index (χ2n) is 4.87. The maximum absolute atomic E-state index is 4.68. The van der Waals surface area contributed by atoms with Crippen LogP contribution in [0.3, 0.4) is 0 Å². The van der Waals surface area contributed by atoms with E-state index < -0.39 is 0 Å². The van der Waals surface area contributed by atoms with E-state index in [4.69, 9.17) is 0 Å². The molecule has 0 N–H and O–H groups in total. The minimum atomic E-state index is 0.693. The van der Waals surface area contributed by atoms with Crippen LogP contribution in [0, 0.1) is 0 Å². The highest BCUT2D eigenvalue weighted by Crippen LogP contribution is 2.18. The summed E-state index contributed by atoms with van der Waals surface area (Å²) in [4.78, 5) is 6.73. The molecule has 0 unspecified atom stereocenters. The van der Waals surface area contributed by atoms with Crippen LogP contribution >= 0.6 is 11.8 Å². The third-order valence-electron chi connectivity index (χ3n) is 3.48. The lowest BCUT2D eigenvalue weighted by Crippen LogP contribution is -2.20. The molecule has 3 rings (SSSR count). The molecule has 0 atom stereocenters. The first kappa shape index (κ1) is 13.9. The Morgan fingerprint density at radius 2 is 1.95 bits per heavy atom. The number of benzene rings is 1. The van der Waals surface area contributed by atoms with E-state index in [-0.39, 0.29) is 0 Å². The molecule has 0 saturated carbocycles. The average Bonchev–Trinajstić information content (AvgIpc) is 2.84. The second-order valence-corrected chi connectivity index (χ2v) is 5.69. The van der Waals surface area contributed by atoms with E-state index in [1.807, 2.05) is 50.7 Å². The van der Waals surface area contributed by atoms with Crippen molar-refractivity contribution in [3.05, 3.63) is 42.2 Å². The number of nitrogens with zero attached hydrogens (tertiary/aromatic N) is 5. The Labute approximate surface area is 128 Å². The Kier molecular flexibility index (Phi) is 3.79. The van der Waals surface area contributed by atoms with Crippen LogP contribution in [-0.4, -0.2) is 33.1 Å². The van der Waals surface area contributed by atoms with Gasteiger partial charge in [0, 0.05) is 14.1 Å². The number of hydrogen-bond acceptors (Lipinski definition) is 5. The van der Waals surface area contributed by atoms with Crippen LogP contribution in [0.4, 0.5) is 5.82 Å². The molecule has 108 valence electrons. The van der Waals surface area contributed by atoms with E-state index in [0.717, 1.165) is 27.7 Å². The fraction of sp³-hybridized carbons (Fsp3) is 0.267. The summed E-state index contributed by atoms with van der Waals surface area (Å²) < 4.78 is 2.12. The van der Waals surface area contributed by atoms with Gasteiger partial charge in [-0.15, -0.1) is 22.0 Å². The van der Waals surface area contributed by atoms with Gasteiger partial charge in [0.1, 0.15) is 10.9 Å². The highest BCUT2D eigenvalue weighted by Gasteiger charge is 2.11. The van der Waals surface area contributed by atoms with Gasteiger partial charge < -0.3 is 9.47 Å². The maximum atomic E-state index is 4.68. The first-order chi connectivity index (χ1) is 10.2. The Hall–Kier alpha value is -2.08. The largest absolute Gasteiger partial charge is 0.351 e. The SMILES string of the molecule is CSc1ccc(N(C)Cc2nc3ccccc3n2C)nn1. The Bertz CT molecular complexity index is 750. The summed E-state index contributed by atoms with van der Waals surface area (Å²) in [5.41, 5.74) is 2.16. The zero-order valence-electron chi connectivity index (χ0n) is 12.3. The first-order valence-electron chi connectivity index (χ1n) is 6.68. The number of aromatic nitrogens is 4. The van der Waals surface area contributed by atoms with Gasteiger partial charge in [-0.2, -0.15) is 0 Å². The van der Waals surface area contributed by atoms with Crippen molar-refractivity contribution >= 4 is 28.6 Å². The van der Waals surface area contributed by atoms with Crippen molar-refractivity contribution in [2.75, 3.05) is 18.2 Å². The van der Waals surface area contributed by atoms with Gasteiger partial charge in [0.15, 0.2) is 5.82 Å². The molecule has 0 aliphatic rings. The maximum Gasteiger partial charge on any atom is 0.151 e. The summed E-state index contributed by atoms with van der Waals surface area (Å²) in [7, 11) is 4.04. The number of aryl methyl sites for hydroxylation is 1. The highest BCUT2D eigenvalue weighted by molar-refractivity contribution is 7.98. The van der Waals surface area contributed by atoms with Crippen LogP contribution in [0.5, 0.6) is 0 Å². The second kappa shape index (κ2) is 5.73. The van der Waals surface area contributed by atoms with Crippen LogP contribution in [-0.2, 0) is 13.6 Å². The predicted molar refractivity (Wildman–Crippen MR) is 86.6 cm³/mol. The van der Waals surface area contributed by atoms with Gasteiger partial charge in [-0.25, -0.2) is 4.98 Å². The van der Waals surface area contributed by atoms with Crippen LogP contribution in [0.1, 0.15) is 5.82 Å². The standard InChI is InChI=1S/C15H17N5S/c1-19(13-8-9-15(21-3)18-17-13)10-14-16-11-6-4-5-7-12(11)20(14)2/h4-9H,10H2,1-3H3. The Morgan fingerprint density at radius 1 is 1.14 bits per heavy atom. The quantitative estimate of drug-likeness (QED) is 0.693. The first-order valence-corrected chi connectivity index (χ1v) is 7.90. The molecule has 0 saturated heterocycles. The molecular weight excluding hydrogens is 282 g/mol. The molecule has 0 spiro atoms. The van der Waals surface area contributed by atoms with Crippen molar-refractivity contribution in [3.63, 3.8) is 0 Å². The highest BCUT2D eigenvalue weighted by atomic mass is 32.2. The third kappa shape index (κ3) is 2.71. The summed E-state index contributed by atoms with van der Waals surface area (Å²) in [6.07, 6.45) is 1.99. The number of anilines is 1. The van der Waals surface area contributed by atoms with Gasteiger partial charge in [0.2, 0.25) is 0 Å². The lowest BCUT2D eigenvalue weighted by Gasteiger charge is -2.17. The fourth-order valence-electron chi connectivity index (χ4n) is 2.26. The predicted octanol–water partition coefficient (Wildman–Crippen LogP) is 2.72. The molecule has 0 bridgehead atoms. The van der Waals surface area contributed by atoms with Crippen LogP contribution in [0.15, 0.2) is 41.4 Å². The molecule has 6 heteroatoms. The monoisotopic (exact) mass is 299 g/mol. The van der Waals surface area contributed by atoms with Crippen LogP contribution in [0.2, 0.25) is 0 Å². The molecule has 3 aromatic rings. The zero-order chi connectivity index (χ0) is 14.8. The molecule has 0 fully saturated rings. The van der Waals surface area contributed by atoms with Gasteiger partial charge in [-0.3, -0.25) is 0 Å². The lowest BCUT2D eigenvalue weighted by molar-refractivity contribution is 0.756. The number of para-hydroxylation sites is 2. The van der Waals surface area contributed by atoms with Gasteiger partial charge in [-0.1, -0.05) is 12.1 Å². The van der Waals surface area contributed by atoms with E-state index in [1.165, 1.54) is 0 Å². The lowest BCUT2D eigenvalue weighted by atomic mass is 10.3. The Morgan fingerprint density at radius 3 is 2.62 bits per heavy atom. The number of hydrogen-bond donors (Lipinski definition) is 0. The number of thioether (sulfide) groups is 1. The smallest absolute Gasteiger partial charge is 0.151 e. The van der Waals surface area contributed by atoms with Crippen molar-refractivity contribution in [2.45, 2.75) is 11.6 Å². The van der Waals surface area contributed by atoms with E-state index in [0.29, 0.717) is 6.54 Å². The molecule has 0 radical (unpaired) electrons. The molecule has 2 heterocycles. The van der Waals surface area contributed by atoms with Gasteiger partial charge in [0.25, 0.3) is 0 Å². The molecule has 0 amide bonds. The fourth-order valence-corrected chi connectivity index (χ4v) is 2.58. The minimum Gasteiger partial charge on any atom is -0.351 e. The van der Waals surface area contributed by atoms with Crippen molar-refractivity contribution in [2.24, 2.45) is 7.05 Å². The van der Waals surface area contributed by atoms with E-state index in [1.54, 1.807) is 11.8 Å². The van der Waals surface area contributed by atoms with Crippen molar-refractivity contribution in [1.29, 1.82) is 0 Å². The molecule has 0 aliphatic heterocycles. The van der Waals surface area contributed by atoms with Gasteiger partial charge >= 0.3 is 0 Å². The van der Waals surface area contributed by atoms with Crippen LogP contribution < -0.4 is 4.90 Å². The van der Waals surface area contributed by atoms with Crippen molar-refractivity contribution in [3.8, 4) is 0 Å². The van der Waals surface area contributed by atoms with Crippen molar-refractivity contribution in [1.82, 2.24) is 19.7 Å². The average molecular weight is 299 g/mol. The molecular formula is C15H17N5S. The number of imidazole rings is 1. The zero-order valence-corrected chi connectivity index (χ0v) is 13.1. The molecule has 1 aromatic carbocycles. The normalized spacial score (nSPS) is 11.0.